The van der Waals surface area contributed by atoms with Crippen molar-refractivity contribution < 1.29 is 28.5 Å². The van der Waals surface area contributed by atoms with E-state index in [2.05, 4.69) is 6.58 Å². The first-order chi connectivity index (χ1) is 25.8. The van der Waals surface area contributed by atoms with Crippen molar-refractivity contribution in [2.75, 3.05) is 27.4 Å². The van der Waals surface area contributed by atoms with E-state index in [1.54, 1.807) is 42.9 Å². The summed E-state index contributed by atoms with van der Waals surface area (Å²) in [6.07, 6.45) is 4.08. The molecular weight excluding hydrogens is 712 g/mol. The van der Waals surface area contributed by atoms with Crippen LogP contribution in [0.4, 0.5) is 0 Å². The molecule has 5 aromatic rings. The second kappa shape index (κ2) is 16.8. The number of nitrogens with zero attached hydrogens (tertiary/aromatic N) is 2. The molecule has 0 unspecified atom stereocenters. The molecule has 0 spiro atoms. The second-order valence-corrected chi connectivity index (χ2v) is 13.3. The Morgan fingerprint density at radius 1 is 0.906 bits per heavy atom. The molecule has 0 aliphatic carbocycles. The number of fused-ring (bicyclic) bond motifs is 1. The zero-order chi connectivity index (χ0) is 37.5. The first-order valence-electron chi connectivity index (χ1n) is 17.1. The maximum Gasteiger partial charge on any atom is 0.338 e. The molecule has 11 heteroatoms. The number of thiazole rings is 1. The molecule has 0 radical (unpaired) electrons. The molecule has 0 saturated heterocycles. The molecule has 53 heavy (non-hydrogen) atoms. The smallest absolute Gasteiger partial charge is 0.338 e. The van der Waals surface area contributed by atoms with Gasteiger partial charge in [0.25, 0.3) is 5.56 Å². The molecule has 1 atom stereocenters. The standard InChI is InChI=1S/C42H39ClN2O7S/c1-6-14-29-21-26(22-34(50-7-2)39(29)52-25-30-17-12-13-18-31(30)43)23-35-40(46)45-38(28-19-20-32(48-4)33(24-28)49-5)36(41(47)51-8-3)37(44-42(45)53-35)27-15-10-9-11-16-27/h6,9-13,15-24,38H,1,7-8,14,25H2,2-5H3/b35-23+/t38-/m0/s1. The zero-order valence-electron chi connectivity index (χ0n) is 29.9. The van der Waals surface area contributed by atoms with E-state index >= 15 is 0 Å². The Labute approximate surface area is 316 Å². The molecule has 272 valence electrons. The minimum absolute atomic E-state index is 0.140. The van der Waals surface area contributed by atoms with Gasteiger partial charge in [0.15, 0.2) is 27.8 Å². The maximum absolute atomic E-state index is 14.6. The van der Waals surface area contributed by atoms with Crippen molar-refractivity contribution in [3.05, 3.63) is 156 Å². The van der Waals surface area contributed by atoms with Crippen LogP contribution < -0.4 is 33.8 Å². The minimum Gasteiger partial charge on any atom is -0.493 e. The third-order valence-corrected chi connectivity index (χ3v) is 9.89. The van der Waals surface area contributed by atoms with Crippen LogP contribution in [0, 0.1) is 0 Å². The van der Waals surface area contributed by atoms with E-state index in [0.717, 1.165) is 16.7 Å². The van der Waals surface area contributed by atoms with Crippen molar-refractivity contribution in [1.82, 2.24) is 4.57 Å². The Morgan fingerprint density at radius 3 is 2.36 bits per heavy atom. The number of carbonyl (C=O) groups excluding carboxylic acids is 1. The number of aromatic nitrogens is 1. The molecule has 1 aliphatic heterocycles. The lowest BCUT2D eigenvalue weighted by Gasteiger charge is -2.26. The summed E-state index contributed by atoms with van der Waals surface area (Å²) in [5.41, 5.74) is 4.04. The van der Waals surface area contributed by atoms with Gasteiger partial charge in [-0.1, -0.05) is 83.6 Å². The molecule has 9 nitrogen and oxygen atoms in total. The fraction of sp³-hybridized carbons (Fsp3) is 0.214. The van der Waals surface area contributed by atoms with Gasteiger partial charge in [-0.2, -0.15) is 0 Å². The molecule has 0 bridgehead atoms. The predicted octanol–water partition coefficient (Wildman–Crippen LogP) is 7.31. The Kier molecular flexibility index (Phi) is 11.8. The number of rotatable bonds is 14. The Morgan fingerprint density at radius 2 is 1.66 bits per heavy atom. The van der Waals surface area contributed by atoms with Crippen molar-refractivity contribution in [2.45, 2.75) is 32.9 Å². The number of allylic oxidation sites excluding steroid dienone is 1. The molecule has 4 aromatic carbocycles. The quantitative estimate of drug-likeness (QED) is 0.0868. The first-order valence-corrected chi connectivity index (χ1v) is 18.3. The lowest BCUT2D eigenvalue weighted by Crippen LogP contribution is -2.40. The van der Waals surface area contributed by atoms with E-state index in [0.29, 0.717) is 67.2 Å². The molecule has 6 rings (SSSR count). The number of ether oxygens (including phenoxy) is 5. The highest BCUT2D eigenvalue weighted by Gasteiger charge is 2.35. The van der Waals surface area contributed by atoms with E-state index < -0.39 is 12.0 Å². The number of halogens is 1. The van der Waals surface area contributed by atoms with Crippen LogP contribution in [0.5, 0.6) is 23.0 Å². The first kappa shape index (κ1) is 37.2. The summed E-state index contributed by atoms with van der Waals surface area (Å²) in [4.78, 5) is 33.9. The monoisotopic (exact) mass is 750 g/mol. The van der Waals surface area contributed by atoms with Crippen LogP contribution in [-0.2, 0) is 22.6 Å². The Bertz CT molecular complexity index is 2370. The number of benzene rings is 4. The van der Waals surface area contributed by atoms with Gasteiger partial charge in [0.2, 0.25) is 0 Å². The van der Waals surface area contributed by atoms with Crippen LogP contribution in [0.2, 0.25) is 5.02 Å². The molecule has 2 heterocycles. The van der Waals surface area contributed by atoms with Gasteiger partial charge in [-0.25, -0.2) is 9.79 Å². The molecule has 0 saturated carbocycles. The van der Waals surface area contributed by atoms with Gasteiger partial charge in [0, 0.05) is 21.7 Å². The Balaban J connectivity index is 1.56. The van der Waals surface area contributed by atoms with E-state index in [4.69, 9.17) is 40.3 Å². The number of carbonyl (C=O) groups is 1. The highest BCUT2D eigenvalue weighted by atomic mass is 35.5. The second-order valence-electron chi connectivity index (χ2n) is 11.9. The number of hydrogen-bond acceptors (Lipinski definition) is 9. The molecular formula is C42H39ClN2O7S. The Hall–Kier alpha value is -5.58. The van der Waals surface area contributed by atoms with Crippen LogP contribution in [-0.4, -0.2) is 38.0 Å². The van der Waals surface area contributed by atoms with E-state index in [9.17, 15) is 9.59 Å². The van der Waals surface area contributed by atoms with Gasteiger partial charge >= 0.3 is 5.97 Å². The predicted molar refractivity (Wildman–Crippen MR) is 208 cm³/mol. The lowest BCUT2D eigenvalue weighted by atomic mass is 9.93. The van der Waals surface area contributed by atoms with Crippen LogP contribution in [0.25, 0.3) is 11.8 Å². The van der Waals surface area contributed by atoms with Gasteiger partial charge in [-0.05, 0) is 67.8 Å². The highest BCUT2D eigenvalue weighted by Crippen LogP contribution is 2.39. The number of esters is 1. The summed E-state index contributed by atoms with van der Waals surface area (Å²) in [5.74, 6) is 1.48. The van der Waals surface area contributed by atoms with Crippen LogP contribution in [0.3, 0.4) is 0 Å². The SMILES string of the molecule is C=CCc1cc(/C=c2/sc3n(c2=O)[C@@H](c2ccc(OC)c(OC)c2)C(C(=O)OCC)=C(c2ccccc2)N=3)cc(OCC)c1OCc1ccccc1Cl. The van der Waals surface area contributed by atoms with Crippen LogP contribution in [0.1, 0.15) is 47.7 Å². The maximum atomic E-state index is 14.6. The largest absolute Gasteiger partial charge is 0.493 e. The summed E-state index contributed by atoms with van der Waals surface area (Å²) >= 11 is 7.65. The van der Waals surface area contributed by atoms with Gasteiger partial charge in [0.1, 0.15) is 6.61 Å². The fourth-order valence-corrected chi connectivity index (χ4v) is 7.39. The number of methoxy groups -OCH3 is 2. The van der Waals surface area contributed by atoms with Gasteiger partial charge < -0.3 is 23.7 Å². The van der Waals surface area contributed by atoms with Gasteiger partial charge in [-0.3, -0.25) is 9.36 Å². The van der Waals surface area contributed by atoms with Gasteiger partial charge in [0.05, 0.1) is 49.3 Å². The van der Waals surface area contributed by atoms with Crippen LogP contribution >= 0.6 is 22.9 Å². The van der Waals surface area contributed by atoms with E-state index in [1.807, 2.05) is 79.7 Å². The van der Waals surface area contributed by atoms with Crippen LogP contribution in [0.15, 0.2) is 113 Å². The van der Waals surface area contributed by atoms with Crippen molar-refractivity contribution in [1.29, 1.82) is 0 Å². The average molecular weight is 751 g/mol. The molecule has 0 fully saturated rings. The van der Waals surface area contributed by atoms with Crippen molar-refractivity contribution >= 4 is 40.7 Å². The molecule has 0 amide bonds. The summed E-state index contributed by atoms with van der Waals surface area (Å²) < 4.78 is 31.1. The summed E-state index contributed by atoms with van der Waals surface area (Å²) in [7, 11) is 3.09. The molecule has 1 aromatic heterocycles. The fourth-order valence-electron chi connectivity index (χ4n) is 6.20. The van der Waals surface area contributed by atoms with Crippen molar-refractivity contribution in [2.24, 2.45) is 4.99 Å². The van der Waals surface area contributed by atoms with Crippen molar-refractivity contribution in [3.63, 3.8) is 0 Å². The van der Waals surface area contributed by atoms with E-state index in [-0.39, 0.29) is 24.3 Å². The zero-order valence-corrected chi connectivity index (χ0v) is 31.5. The topological polar surface area (TPSA) is 97.6 Å². The third-order valence-electron chi connectivity index (χ3n) is 8.54. The minimum atomic E-state index is -0.890. The van der Waals surface area contributed by atoms with E-state index in [1.165, 1.54) is 18.4 Å². The average Bonchev–Trinajstić information content (AvgIpc) is 3.48. The summed E-state index contributed by atoms with van der Waals surface area (Å²) in [6, 6.07) is 25.2. The third kappa shape index (κ3) is 7.79. The normalized spacial score (nSPS) is 13.9. The molecule has 0 N–H and O–H groups in total. The lowest BCUT2D eigenvalue weighted by molar-refractivity contribution is -0.138. The summed E-state index contributed by atoms with van der Waals surface area (Å²) in [6.45, 7) is 8.37. The molecule has 1 aliphatic rings. The highest BCUT2D eigenvalue weighted by molar-refractivity contribution is 7.07. The number of hydrogen-bond donors (Lipinski definition) is 0. The van der Waals surface area contributed by atoms with Crippen molar-refractivity contribution in [3.8, 4) is 23.0 Å². The summed E-state index contributed by atoms with van der Waals surface area (Å²) in [5, 5.41) is 0.607. The van der Waals surface area contributed by atoms with Gasteiger partial charge in [-0.15, -0.1) is 6.58 Å².